The summed E-state index contributed by atoms with van der Waals surface area (Å²) in [7, 11) is 0. The molecule has 2 nitrogen and oxygen atoms in total. The highest BCUT2D eigenvalue weighted by Gasteiger charge is 2.06. The highest BCUT2D eigenvalue weighted by Crippen LogP contribution is 2.26. The minimum atomic E-state index is 0.0458. The van der Waals surface area contributed by atoms with Crippen molar-refractivity contribution in [2.75, 3.05) is 6.61 Å². The van der Waals surface area contributed by atoms with E-state index in [1.165, 1.54) is 0 Å². The van der Waals surface area contributed by atoms with E-state index in [0.717, 1.165) is 21.9 Å². The summed E-state index contributed by atoms with van der Waals surface area (Å²) < 4.78 is 5.60. The van der Waals surface area contributed by atoms with Crippen molar-refractivity contribution in [2.24, 2.45) is 5.73 Å². The summed E-state index contributed by atoms with van der Waals surface area (Å²) in [4.78, 5) is 0. The fraction of sp³-hybridized carbons (Fsp3) is 0.455. The molecule has 1 aromatic rings. The van der Waals surface area contributed by atoms with E-state index in [-0.39, 0.29) is 6.04 Å². The number of hydrogen-bond donors (Lipinski definition) is 1. The third-order valence-electron chi connectivity index (χ3n) is 1.92. The number of nitrogens with two attached hydrogens (primary N) is 1. The summed E-state index contributed by atoms with van der Waals surface area (Å²) in [5.74, 6) is 0.895. The van der Waals surface area contributed by atoms with Crippen LogP contribution in [0.5, 0.6) is 5.75 Å². The Morgan fingerprint density at radius 3 is 2.29 bits per heavy atom. The normalized spacial score (nSPS) is 12.6. The Morgan fingerprint density at radius 2 is 1.86 bits per heavy atom. The van der Waals surface area contributed by atoms with Crippen molar-refractivity contribution in [3.8, 4) is 5.75 Å². The Bertz CT molecular complexity index is 300. The van der Waals surface area contributed by atoms with E-state index in [9.17, 15) is 0 Å². The van der Waals surface area contributed by atoms with Crippen LogP contribution in [0.3, 0.4) is 0 Å². The fourth-order valence-corrected chi connectivity index (χ4v) is 1.67. The van der Waals surface area contributed by atoms with Crippen LogP contribution in [0.25, 0.3) is 0 Å². The van der Waals surface area contributed by atoms with E-state index in [0.29, 0.717) is 6.61 Å². The molecule has 0 aromatic heterocycles. The van der Waals surface area contributed by atoms with Crippen molar-refractivity contribution in [1.29, 1.82) is 0 Å². The van der Waals surface area contributed by atoms with Gasteiger partial charge in [-0.15, -0.1) is 0 Å². The second kappa shape index (κ2) is 4.67. The third-order valence-corrected chi connectivity index (χ3v) is 2.13. The summed E-state index contributed by atoms with van der Waals surface area (Å²) in [5.41, 5.74) is 7.72. The van der Waals surface area contributed by atoms with E-state index >= 15 is 0 Å². The molecule has 3 heteroatoms. The van der Waals surface area contributed by atoms with Gasteiger partial charge in [-0.3, -0.25) is 0 Å². The molecule has 0 radical (unpaired) electrons. The minimum absolute atomic E-state index is 0.0458. The lowest BCUT2D eigenvalue weighted by Gasteiger charge is -2.14. The SMILES string of the molecule is Cc1cc(Cl)cc(C)c1OC[C@H](C)N. The summed E-state index contributed by atoms with van der Waals surface area (Å²) in [6.45, 7) is 6.41. The maximum absolute atomic E-state index is 5.90. The van der Waals surface area contributed by atoms with Crippen molar-refractivity contribution >= 4 is 11.6 Å². The van der Waals surface area contributed by atoms with Crippen molar-refractivity contribution in [3.05, 3.63) is 28.3 Å². The molecule has 0 aliphatic heterocycles. The second-order valence-electron chi connectivity index (χ2n) is 3.66. The lowest BCUT2D eigenvalue weighted by molar-refractivity contribution is 0.292. The van der Waals surface area contributed by atoms with Gasteiger partial charge in [0.2, 0.25) is 0 Å². The fourth-order valence-electron chi connectivity index (χ4n) is 1.34. The Balaban J connectivity index is 2.86. The van der Waals surface area contributed by atoms with E-state index in [4.69, 9.17) is 22.1 Å². The zero-order chi connectivity index (χ0) is 10.7. The molecular formula is C11H16ClNO. The number of halogens is 1. The van der Waals surface area contributed by atoms with Gasteiger partial charge in [-0.05, 0) is 44.0 Å². The molecule has 1 rings (SSSR count). The largest absolute Gasteiger partial charge is 0.491 e. The maximum atomic E-state index is 5.90. The van der Waals surface area contributed by atoms with Crippen molar-refractivity contribution < 1.29 is 4.74 Å². The molecule has 0 aliphatic carbocycles. The van der Waals surface area contributed by atoms with Gasteiger partial charge in [-0.1, -0.05) is 11.6 Å². The maximum Gasteiger partial charge on any atom is 0.125 e. The molecule has 0 saturated heterocycles. The number of aryl methyl sites for hydroxylation is 2. The molecule has 0 saturated carbocycles. The van der Waals surface area contributed by atoms with E-state index in [1.54, 1.807) is 0 Å². The number of ether oxygens (including phenoxy) is 1. The van der Waals surface area contributed by atoms with Crippen LogP contribution >= 0.6 is 11.6 Å². The first-order valence-corrected chi connectivity index (χ1v) is 5.03. The Hall–Kier alpha value is -0.730. The first-order chi connectivity index (χ1) is 6.50. The van der Waals surface area contributed by atoms with Gasteiger partial charge < -0.3 is 10.5 Å². The van der Waals surface area contributed by atoms with Gasteiger partial charge in [-0.2, -0.15) is 0 Å². The van der Waals surface area contributed by atoms with E-state index < -0.39 is 0 Å². The summed E-state index contributed by atoms with van der Waals surface area (Å²) in [5, 5.41) is 0.744. The van der Waals surface area contributed by atoms with Gasteiger partial charge in [0.25, 0.3) is 0 Å². The van der Waals surface area contributed by atoms with Crippen molar-refractivity contribution in [2.45, 2.75) is 26.8 Å². The predicted molar refractivity (Wildman–Crippen MR) is 60.1 cm³/mol. The number of rotatable bonds is 3. The first-order valence-electron chi connectivity index (χ1n) is 4.66. The van der Waals surface area contributed by atoms with Gasteiger partial charge in [-0.25, -0.2) is 0 Å². The summed E-state index contributed by atoms with van der Waals surface area (Å²) in [6, 6.07) is 3.83. The van der Waals surface area contributed by atoms with Crippen molar-refractivity contribution in [3.63, 3.8) is 0 Å². The van der Waals surface area contributed by atoms with Gasteiger partial charge in [0.1, 0.15) is 12.4 Å². The number of hydrogen-bond acceptors (Lipinski definition) is 2. The Kier molecular flexibility index (Phi) is 3.78. The quantitative estimate of drug-likeness (QED) is 0.838. The van der Waals surface area contributed by atoms with Crippen LogP contribution < -0.4 is 10.5 Å². The molecule has 0 bridgehead atoms. The molecule has 78 valence electrons. The topological polar surface area (TPSA) is 35.2 Å². The molecule has 0 amide bonds. The van der Waals surface area contributed by atoms with Crippen LogP contribution in [0.2, 0.25) is 5.02 Å². The predicted octanol–water partition coefficient (Wildman–Crippen LogP) is 2.68. The highest BCUT2D eigenvalue weighted by molar-refractivity contribution is 6.30. The van der Waals surface area contributed by atoms with Gasteiger partial charge in [0, 0.05) is 11.1 Å². The molecule has 14 heavy (non-hydrogen) atoms. The zero-order valence-corrected chi connectivity index (χ0v) is 9.56. The second-order valence-corrected chi connectivity index (χ2v) is 4.09. The molecule has 0 spiro atoms. The van der Waals surface area contributed by atoms with Gasteiger partial charge in [0.15, 0.2) is 0 Å². The average Bonchev–Trinajstić information content (AvgIpc) is 2.01. The third kappa shape index (κ3) is 2.89. The van der Waals surface area contributed by atoms with Crippen LogP contribution in [0, 0.1) is 13.8 Å². The Morgan fingerprint density at radius 1 is 1.36 bits per heavy atom. The van der Waals surface area contributed by atoms with Crippen LogP contribution in [-0.2, 0) is 0 Å². The van der Waals surface area contributed by atoms with Crippen molar-refractivity contribution in [1.82, 2.24) is 0 Å². The van der Waals surface area contributed by atoms with Gasteiger partial charge in [0.05, 0.1) is 0 Å². The lowest BCUT2D eigenvalue weighted by atomic mass is 10.1. The molecular weight excluding hydrogens is 198 g/mol. The van der Waals surface area contributed by atoms with E-state index in [2.05, 4.69) is 0 Å². The highest BCUT2D eigenvalue weighted by atomic mass is 35.5. The minimum Gasteiger partial charge on any atom is -0.491 e. The van der Waals surface area contributed by atoms with Crippen LogP contribution in [0.4, 0.5) is 0 Å². The van der Waals surface area contributed by atoms with Crippen LogP contribution in [0.1, 0.15) is 18.1 Å². The standard InChI is InChI=1S/C11H16ClNO/c1-7-4-10(12)5-8(2)11(7)14-6-9(3)13/h4-5,9H,6,13H2,1-3H3/t9-/m0/s1. The number of benzene rings is 1. The smallest absolute Gasteiger partial charge is 0.125 e. The zero-order valence-electron chi connectivity index (χ0n) is 8.80. The molecule has 0 unspecified atom stereocenters. The molecule has 1 atom stereocenters. The molecule has 0 heterocycles. The Labute approximate surface area is 90.0 Å². The average molecular weight is 214 g/mol. The summed E-state index contributed by atoms with van der Waals surface area (Å²) >= 11 is 5.90. The lowest BCUT2D eigenvalue weighted by Crippen LogP contribution is -2.24. The van der Waals surface area contributed by atoms with E-state index in [1.807, 2.05) is 32.9 Å². The molecule has 0 fully saturated rings. The monoisotopic (exact) mass is 213 g/mol. The first kappa shape index (κ1) is 11.3. The van der Waals surface area contributed by atoms with Crippen LogP contribution in [-0.4, -0.2) is 12.6 Å². The van der Waals surface area contributed by atoms with Crippen LogP contribution in [0.15, 0.2) is 12.1 Å². The summed E-state index contributed by atoms with van der Waals surface area (Å²) in [6.07, 6.45) is 0. The molecule has 1 aromatic carbocycles. The van der Waals surface area contributed by atoms with Gasteiger partial charge >= 0.3 is 0 Å². The molecule has 0 aliphatic rings. The molecule has 2 N–H and O–H groups in total.